The first-order chi connectivity index (χ1) is 8.26. The van der Waals surface area contributed by atoms with Gasteiger partial charge in [0.15, 0.2) is 5.79 Å². The van der Waals surface area contributed by atoms with E-state index < -0.39 is 0 Å². The number of hydrogen-bond donors (Lipinski definition) is 1. The molecule has 0 atom stereocenters. The highest BCUT2D eigenvalue weighted by molar-refractivity contribution is 5.78. The summed E-state index contributed by atoms with van der Waals surface area (Å²) in [6.45, 7) is 3.72. The van der Waals surface area contributed by atoms with Crippen LogP contribution >= 0.6 is 0 Å². The normalized spacial score (nSPS) is 28.5. The number of nitrogens with zero attached hydrogens (tertiary/aromatic N) is 1. The van der Waals surface area contributed by atoms with Crippen LogP contribution in [0.5, 0.6) is 0 Å². The predicted molar refractivity (Wildman–Crippen MR) is 61.5 cm³/mol. The average Bonchev–Trinajstić information content (AvgIpc) is 3.01. The number of ether oxygens (including phenoxy) is 2. The third-order valence-corrected chi connectivity index (χ3v) is 3.74. The van der Waals surface area contributed by atoms with Crippen LogP contribution in [0.3, 0.4) is 0 Å². The van der Waals surface area contributed by atoms with Crippen molar-refractivity contribution in [2.75, 3.05) is 32.8 Å². The Balaban J connectivity index is 1.42. The Labute approximate surface area is 101 Å². The van der Waals surface area contributed by atoms with Gasteiger partial charge >= 0.3 is 0 Å². The van der Waals surface area contributed by atoms with E-state index in [0.29, 0.717) is 25.8 Å². The van der Waals surface area contributed by atoms with Crippen molar-refractivity contribution in [3.8, 4) is 0 Å². The van der Waals surface area contributed by atoms with Gasteiger partial charge in [-0.3, -0.25) is 9.69 Å². The summed E-state index contributed by atoms with van der Waals surface area (Å²) >= 11 is 0. The van der Waals surface area contributed by atoms with Crippen LogP contribution in [0.1, 0.15) is 25.7 Å². The molecule has 96 valence electrons. The molecule has 5 nitrogen and oxygen atoms in total. The number of piperidine rings is 1. The third-order valence-electron chi connectivity index (χ3n) is 3.74. The highest BCUT2D eigenvalue weighted by atomic mass is 16.7. The number of amides is 1. The molecule has 0 aromatic heterocycles. The van der Waals surface area contributed by atoms with E-state index in [0.717, 1.165) is 38.8 Å². The molecule has 0 radical (unpaired) electrons. The Morgan fingerprint density at radius 2 is 1.88 bits per heavy atom. The van der Waals surface area contributed by atoms with E-state index in [2.05, 4.69) is 10.2 Å². The van der Waals surface area contributed by atoms with E-state index in [1.54, 1.807) is 0 Å². The van der Waals surface area contributed by atoms with Crippen LogP contribution < -0.4 is 5.32 Å². The van der Waals surface area contributed by atoms with Crippen LogP contribution in [0.15, 0.2) is 0 Å². The van der Waals surface area contributed by atoms with E-state index in [1.807, 2.05) is 0 Å². The van der Waals surface area contributed by atoms with Crippen molar-refractivity contribution in [1.29, 1.82) is 0 Å². The zero-order valence-electron chi connectivity index (χ0n) is 10.1. The van der Waals surface area contributed by atoms with Gasteiger partial charge in [-0.25, -0.2) is 0 Å². The second-order valence-electron chi connectivity index (χ2n) is 5.23. The first-order valence-corrected chi connectivity index (χ1v) is 6.55. The van der Waals surface area contributed by atoms with Crippen LogP contribution in [0.4, 0.5) is 0 Å². The first-order valence-electron chi connectivity index (χ1n) is 6.55. The van der Waals surface area contributed by atoms with Gasteiger partial charge in [-0.1, -0.05) is 0 Å². The molecule has 0 aromatic carbocycles. The fourth-order valence-corrected chi connectivity index (χ4v) is 2.54. The first kappa shape index (κ1) is 11.4. The molecule has 1 N–H and O–H groups in total. The lowest BCUT2D eigenvalue weighted by Gasteiger charge is -2.37. The topological polar surface area (TPSA) is 50.8 Å². The molecule has 5 heteroatoms. The van der Waals surface area contributed by atoms with Gasteiger partial charge in [0.25, 0.3) is 0 Å². The maximum absolute atomic E-state index is 11.7. The van der Waals surface area contributed by atoms with E-state index in [1.165, 1.54) is 0 Å². The second kappa shape index (κ2) is 4.55. The fraction of sp³-hybridized carbons (Fsp3) is 0.917. The Morgan fingerprint density at radius 3 is 2.47 bits per heavy atom. The molecule has 3 fully saturated rings. The number of nitrogens with one attached hydrogen (secondary N) is 1. The highest BCUT2D eigenvalue weighted by Gasteiger charge is 2.40. The molecule has 1 saturated carbocycles. The number of carbonyl (C=O) groups excluding carboxylic acids is 1. The summed E-state index contributed by atoms with van der Waals surface area (Å²) < 4.78 is 11.3. The van der Waals surface area contributed by atoms with Crippen molar-refractivity contribution in [2.24, 2.45) is 0 Å². The lowest BCUT2D eigenvalue weighted by Crippen LogP contribution is -2.48. The third kappa shape index (κ3) is 2.78. The summed E-state index contributed by atoms with van der Waals surface area (Å²) in [6.07, 6.45) is 4.06. The maximum atomic E-state index is 11.7. The average molecular weight is 240 g/mol. The molecule has 1 amide bonds. The Morgan fingerprint density at radius 1 is 1.24 bits per heavy atom. The van der Waals surface area contributed by atoms with E-state index in [4.69, 9.17) is 9.47 Å². The van der Waals surface area contributed by atoms with Crippen molar-refractivity contribution >= 4 is 5.91 Å². The van der Waals surface area contributed by atoms with Crippen LogP contribution in [0.2, 0.25) is 0 Å². The minimum absolute atomic E-state index is 0.164. The second-order valence-corrected chi connectivity index (χ2v) is 5.23. The van der Waals surface area contributed by atoms with E-state index in [-0.39, 0.29) is 11.7 Å². The van der Waals surface area contributed by atoms with E-state index in [9.17, 15) is 4.79 Å². The summed E-state index contributed by atoms with van der Waals surface area (Å²) in [5.74, 6) is -0.166. The number of hydrogen-bond acceptors (Lipinski definition) is 4. The SMILES string of the molecule is O=C(CN1CCC2(CC1)OCCO2)NC1CC1. The fourth-order valence-electron chi connectivity index (χ4n) is 2.54. The van der Waals surface area contributed by atoms with Crippen LogP contribution in [-0.4, -0.2) is 55.5 Å². The molecular weight excluding hydrogens is 220 g/mol. The van der Waals surface area contributed by atoms with Gasteiger partial charge in [0, 0.05) is 32.0 Å². The van der Waals surface area contributed by atoms with Crippen LogP contribution in [-0.2, 0) is 14.3 Å². The molecule has 17 heavy (non-hydrogen) atoms. The van der Waals surface area contributed by atoms with Gasteiger partial charge in [-0.15, -0.1) is 0 Å². The monoisotopic (exact) mass is 240 g/mol. The predicted octanol–water partition coefficient (Wildman–Crippen LogP) is 0.104. The van der Waals surface area contributed by atoms with Gasteiger partial charge in [-0.05, 0) is 12.8 Å². The molecule has 0 aromatic rings. The summed E-state index contributed by atoms with van der Waals surface area (Å²) in [5.41, 5.74) is 0. The lowest BCUT2D eigenvalue weighted by atomic mass is 10.0. The molecule has 3 aliphatic rings. The molecular formula is C12H20N2O3. The Hall–Kier alpha value is -0.650. The standard InChI is InChI=1S/C12H20N2O3/c15-11(13-10-1-2-10)9-14-5-3-12(4-6-14)16-7-8-17-12/h10H,1-9H2,(H,13,15). The van der Waals surface area contributed by atoms with Crippen molar-refractivity contribution in [2.45, 2.75) is 37.5 Å². The van der Waals surface area contributed by atoms with Gasteiger partial charge < -0.3 is 14.8 Å². The number of carbonyl (C=O) groups is 1. The lowest BCUT2D eigenvalue weighted by molar-refractivity contribution is -0.185. The van der Waals surface area contributed by atoms with Gasteiger partial charge in [0.2, 0.25) is 5.91 Å². The summed E-state index contributed by atoms with van der Waals surface area (Å²) in [5, 5.41) is 3.02. The van der Waals surface area contributed by atoms with Crippen molar-refractivity contribution in [3.63, 3.8) is 0 Å². The van der Waals surface area contributed by atoms with Crippen molar-refractivity contribution < 1.29 is 14.3 Å². The molecule has 2 heterocycles. The molecule has 2 aliphatic heterocycles. The zero-order valence-corrected chi connectivity index (χ0v) is 10.1. The highest BCUT2D eigenvalue weighted by Crippen LogP contribution is 2.31. The summed E-state index contributed by atoms with van der Waals surface area (Å²) in [6, 6.07) is 0.458. The van der Waals surface area contributed by atoms with Gasteiger partial charge in [0.05, 0.1) is 19.8 Å². The summed E-state index contributed by atoms with van der Waals surface area (Å²) in [4.78, 5) is 13.8. The Kier molecular flexibility index (Phi) is 3.06. The quantitative estimate of drug-likeness (QED) is 0.760. The minimum Gasteiger partial charge on any atom is -0.352 e. The Bertz CT molecular complexity index is 288. The number of likely N-dealkylation sites (tertiary alicyclic amines) is 1. The molecule has 1 aliphatic carbocycles. The zero-order chi connectivity index (χ0) is 11.7. The van der Waals surface area contributed by atoms with Gasteiger partial charge in [-0.2, -0.15) is 0 Å². The smallest absolute Gasteiger partial charge is 0.234 e. The van der Waals surface area contributed by atoms with Crippen LogP contribution in [0, 0.1) is 0 Å². The summed E-state index contributed by atoms with van der Waals surface area (Å²) in [7, 11) is 0. The minimum atomic E-state index is -0.330. The van der Waals surface area contributed by atoms with Gasteiger partial charge in [0.1, 0.15) is 0 Å². The van der Waals surface area contributed by atoms with Crippen molar-refractivity contribution in [1.82, 2.24) is 10.2 Å². The molecule has 0 bridgehead atoms. The van der Waals surface area contributed by atoms with Crippen LogP contribution in [0.25, 0.3) is 0 Å². The maximum Gasteiger partial charge on any atom is 0.234 e. The molecule has 1 spiro atoms. The largest absolute Gasteiger partial charge is 0.352 e. The number of rotatable bonds is 3. The van der Waals surface area contributed by atoms with E-state index >= 15 is 0 Å². The van der Waals surface area contributed by atoms with Crippen molar-refractivity contribution in [3.05, 3.63) is 0 Å². The molecule has 2 saturated heterocycles. The molecule has 0 unspecified atom stereocenters. The molecule has 3 rings (SSSR count).